The Hall–Kier alpha value is -1.36. The van der Waals surface area contributed by atoms with Crippen molar-refractivity contribution in [2.24, 2.45) is 0 Å². The topological polar surface area (TPSA) is 51.5 Å². The minimum atomic E-state index is -0.402. The third-order valence-electron chi connectivity index (χ3n) is 1.30. The summed E-state index contributed by atoms with van der Waals surface area (Å²) in [6.45, 7) is 3.65. The van der Waals surface area contributed by atoms with E-state index in [4.69, 9.17) is 21.4 Å². The zero-order chi connectivity index (χ0) is 10.6. The predicted octanol–water partition coefficient (Wildman–Crippen LogP) is 1.72. The maximum absolute atomic E-state index is 11.3. The number of rotatable bonds is 2. The van der Waals surface area contributed by atoms with Gasteiger partial charge in [0.15, 0.2) is 5.76 Å². The van der Waals surface area contributed by atoms with Gasteiger partial charge in [-0.15, -0.1) is 0 Å². The first-order valence-corrected chi connectivity index (χ1v) is 4.56. The Morgan fingerprint density at radius 3 is 2.86 bits per heavy atom. The molecule has 0 radical (unpaired) electrons. The van der Waals surface area contributed by atoms with E-state index in [-0.39, 0.29) is 17.0 Å². The summed E-state index contributed by atoms with van der Waals surface area (Å²) in [7, 11) is 0. The number of carbonyl (C=O) groups is 1. The third kappa shape index (κ3) is 3.18. The number of carbonyl (C=O) groups excluding carboxylic acids is 1. The standard InChI is InChI=1S/C9H11NO3S/c1-6(2)13-9(14)10-8(11)7-4-3-5-12-7/h3-6H,1-2H3,(H,10,11,14). The van der Waals surface area contributed by atoms with Crippen molar-refractivity contribution in [2.45, 2.75) is 20.0 Å². The number of nitrogens with one attached hydrogen (secondary N) is 1. The van der Waals surface area contributed by atoms with Crippen LogP contribution in [0.4, 0.5) is 0 Å². The SMILES string of the molecule is CC(C)OC(=S)NC(=O)c1ccco1. The first kappa shape index (κ1) is 10.7. The highest BCUT2D eigenvalue weighted by Crippen LogP contribution is 1.99. The Labute approximate surface area is 87.2 Å². The number of hydrogen-bond donors (Lipinski definition) is 1. The van der Waals surface area contributed by atoms with Gasteiger partial charge in [-0.1, -0.05) is 0 Å². The van der Waals surface area contributed by atoms with Crippen molar-refractivity contribution >= 4 is 23.3 Å². The zero-order valence-corrected chi connectivity index (χ0v) is 8.76. The predicted molar refractivity (Wildman–Crippen MR) is 55.0 cm³/mol. The lowest BCUT2D eigenvalue weighted by molar-refractivity contribution is 0.0936. The molecule has 1 aromatic rings. The lowest BCUT2D eigenvalue weighted by Gasteiger charge is -2.10. The van der Waals surface area contributed by atoms with Gasteiger partial charge in [0.1, 0.15) is 0 Å². The minimum Gasteiger partial charge on any atom is -0.468 e. The zero-order valence-electron chi connectivity index (χ0n) is 7.94. The van der Waals surface area contributed by atoms with Gasteiger partial charge in [0, 0.05) is 0 Å². The molecule has 5 heteroatoms. The molecule has 0 atom stereocenters. The molecule has 0 aromatic carbocycles. The van der Waals surface area contributed by atoms with Crippen LogP contribution in [0.1, 0.15) is 24.4 Å². The van der Waals surface area contributed by atoms with Crippen molar-refractivity contribution in [3.8, 4) is 0 Å². The Morgan fingerprint density at radius 2 is 2.36 bits per heavy atom. The van der Waals surface area contributed by atoms with Crippen LogP contribution in [0, 0.1) is 0 Å². The van der Waals surface area contributed by atoms with E-state index in [9.17, 15) is 4.79 Å². The van der Waals surface area contributed by atoms with Crippen molar-refractivity contribution in [2.75, 3.05) is 0 Å². The van der Waals surface area contributed by atoms with E-state index < -0.39 is 5.91 Å². The third-order valence-corrected chi connectivity index (χ3v) is 1.50. The molecule has 4 nitrogen and oxygen atoms in total. The highest BCUT2D eigenvalue weighted by atomic mass is 32.1. The van der Waals surface area contributed by atoms with Crippen LogP contribution in [0.3, 0.4) is 0 Å². The molecule has 0 saturated carbocycles. The largest absolute Gasteiger partial charge is 0.468 e. The van der Waals surface area contributed by atoms with E-state index >= 15 is 0 Å². The highest BCUT2D eigenvalue weighted by molar-refractivity contribution is 7.80. The minimum absolute atomic E-state index is 0.0561. The van der Waals surface area contributed by atoms with Crippen LogP contribution in [-0.2, 0) is 4.74 Å². The van der Waals surface area contributed by atoms with Gasteiger partial charge in [-0.05, 0) is 38.2 Å². The Bertz CT molecular complexity index is 319. The van der Waals surface area contributed by atoms with E-state index in [1.165, 1.54) is 6.26 Å². The molecule has 0 spiro atoms. The van der Waals surface area contributed by atoms with E-state index in [1.807, 2.05) is 13.8 Å². The fourth-order valence-corrected chi connectivity index (χ4v) is 1.09. The van der Waals surface area contributed by atoms with Gasteiger partial charge in [-0.3, -0.25) is 10.1 Å². The van der Waals surface area contributed by atoms with E-state index in [0.29, 0.717) is 0 Å². The van der Waals surface area contributed by atoms with Crippen LogP contribution in [0.25, 0.3) is 0 Å². The summed E-state index contributed by atoms with van der Waals surface area (Å²) in [5.41, 5.74) is 0. The number of thiocarbonyl (C=S) groups is 1. The van der Waals surface area contributed by atoms with E-state index in [0.717, 1.165) is 0 Å². The molecule has 0 saturated heterocycles. The quantitative estimate of drug-likeness (QED) is 0.760. The molecule has 0 bridgehead atoms. The first-order chi connectivity index (χ1) is 6.59. The van der Waals surface area contributed by atoms with Crippen LogP contribution in [0.5, 0.6) is 0 Å². The average molecular weight is 213 g/mol. The van der Waals surface area contributed by atoms with Crippen molar-refractivity contribution in [1.29, 1.82) is 0 Å². The molecule has 1 amide bonds. The van der Waals surface area contributed by atoms with Crippen molar-refractivity contribution in [3.63, 3.8) is 0 Å². The van der Waals surface area contributed by atoms with Gasteiger partial charge in [0.25, 0.3) is 11.1 Å². The molecular formula is C9H11NO3S. The average Bonchev–Trinajstić information content (AvgIpc) is 2.53. The molecule has 0 aliphatic rings. The molecule has 1 heterocycles. The smallest absolute Gasteiger partial charge is 0.294 e. The van der Waals surface area contributed by atoms with Crippen LogP contribution >= 0.6 is 12.2 Å². The normalized spacial score (nSPS) is 9.93. The Kier molecular flexibility index (Phi) is 3.64. The molecule has 1 aromatic heterocycles. The molecule has 0 aliphatic heterocycles. The lowest BCUT2D eigenvalue weighted by atomic mass is 10.4. The second kappa shape index (κ2) is 4.76. The number of amides is 1. The maximum Gasteiger partial charge on any atom is 0.294 e. The molecular weight excluding hydrogens is 202 g/mol. The molecule has 76 valence electrons. The summed E-state index contributed by atoms with van der Waals surface area (Å²) >= 11 is 4.78. The molecule has 0 fully saturated rings. The molecule has 1 rings (SSSR count). The van der Waals surface area contributed by atoms with Crippen molar-refractivity contribution in [3.05, 3.63) is 24.2 Å². The maximum atomic E-state index is 11.3. The molecule has 0 aliphatic carbocycles. The summed E-state index contributed by atoms with van der Waals surface area (Å²) in [6, 6.07) is 3.18. The van der Waals surface area contributed by atoms with Crippen LogP contribution < -0.4 is 5.32 Å². The van der Waals surface area contributed by atoms with Crippen LogP contribution in [-0.4, -0.2) is 17.2 Å². The van der Waals surface area contributed by atoms with Gasteiger partial charge in [-0.2, -0.15) is 0 Å². The Balaban J connectivity index is 2.46. The second-order valence-electron chi connectivity index (χ2n) is 2.89. The van der Waals surface area contributed by atoms with E-state index in [2.05, 4.69) is 5.32 Å². The van der Waals surface area contributed by atoms with Crippen LogP contribution in [0.15, 0.2) is 22.8 Å². The van der Waals surface area contributed by atoms with Crippen molar-refractivity contribution in [1.82, 2.24) is 5.32 Å². The summed E-state index contributed by atoms with van der Waals surface area (Å²) < 4.78 is 9.95. The first-order valence-electron chi connectivity index (χ1n) is 4.15. The van der Waals surface area contributed by atoms with Gasteiger partial charge in [0.2, 0.25) is 0 Å². The number of ether oxygens (including phenoxy) is 1. The van der Waals surface area contributed by atoms with Crippen molar-refractivity contribution < 1.29 is 13.9 Å². The lowest BCUT2D eigenvalue weighted by Crippen LogP contribution is -2.32. The molecule has 0 unspecified atom stereocenters. The summed E-state index contributed by atoms with van der Waals surface area (Å²) in [4.78, 5) is 11.3. The van der Waals surface area contributed by atoms with Gasteiger partial charge in [-0.25, -0.2) is 0 Å². The van der Waals surface area contributed by atoms with Gasteiger partial charge < -0.3 is 9.15 Å². The fraction of sp³-hybridized carbons (Fsp3) is 0.333. The fourth-order valence-electron chi connectivity index (χ4n) is 0.806. The Morgan fingerprint density at radius 1 is 1.64 bits per heavy atom. The summed E-state index contributed by atoms with van der Waals surface area (Å²) in [6.07, 6.45) is 1.36. The van der Waals surface area contributed by atoms with Gasteiger partial charge in [0.05, 0.1) is 12.4 Å². The number of furan rings is 1. The van der Waals surface area contributed by atoms with Crippen LogP contribution in [0.2, 0.25) is 0 Å². The summed E-state index contributed by atoms with van der Waals surface area (Å²) in [5, 5.41) is 2.45. The monoisotopic (exact) mass is 213 g/mol. The summed E-state index contributed by atoms with van der Waals surface area (Å²) in [5.74, 6) is -0.194. The van der Waals surface area contributed by atoms with Gasteiger partial charge >= 0.3 is 0 Å². The number of hydrogen-bond acceptors (Lipinski definition) is 4. The second-order valence-corrected chi connectivity index (χ2v) is 3.26. The molecule has 1 N–H and O–H groups in total. The van der Waals surface area contributed by atoms with E-state index in [1.54, 1.807) is 12.1 Å². The molecule has 14 heavy (non-hydrogen) atoms. The highest BCUT2D eigenvalue weighted by Gasteiger charge is 2.11.